The van der Waals surface area contributed by atoms with Crippen LogP contribution in [0.3, 0.4) is 0 Å². The maximum Gasteiger partial charge on any atom is 0.326 e. The van der Waals surface area contributed by atoms with E-state index in [-0.39, 0.29) is 23.8 Å². The SMILES string of the molecule is CC(C)(C)CC(N)CC(=O)N[C@@H](C(=O)O)C(C)(C)C. The molecule has 1 amide bonds. The molecule has 0 fully saturated rings. The summed E-state index contributed by atoms with van der Waals surface area (Å²) >= 11 is 0. The zero-order valence-corrected chi connectivity index (χ0v) is 12.9. The van der Waals surface area contributed by atoms with Crippen molar-refractivity contribution in [2.24, 2.45) is 16.6 Å². The fourth-order valence-corrected chi connectivity index (χ4v) is 1.97. The van der Waals surface area contributed by atoms with E-state index >= 15 is 0 Å². The van der Waals surface area contributed by atoms with Gasteiger partial charge in [-0.3, -0.25) is 4.79 Å². The van der Waals surface area contributed by atoms with Crippen molar-refractivity contribution >= 4 is 11.9 Å². The van der Waals surface area contributed by atoms with Crippen LogP contribution in [-0.2, 0) is 9.59 Å². The van der Waals surface area contributed by atoms with E-state index in [1.54, 1.807) is 20.8 Å². The van der Waals surface area contributed by atoms with E-state index in [2.05, 4.69) is 26.1 Å². The monoisotopic (exact) mass is 272 g/mol. The predicted molar refractivity (Wildman–Crippen MR) is 75.7 cm³/mol. The molecule has 0 radical (unpaired) electrons. The van der Waals surface area contributed by atoms with Gasteiger partial charge in [0.25, 0.3) is 0 Å². The number of carboxylic acid groups (broad SMARTS) is 1. The van der Waals surface area contributed by atoms with Crippen molar-refractivity contribution in [1.82, 2.24) is 5.32 Å². The third-order valence-electron chi connectivity index (χ3n) is 2.74. The molecule has 0 aliphatic carbocycles. The first-order valence-electron chi connectivity index (χ1n) is 6.60. The van der Waals surface area contributed by atoms with Crippen molar-refractivity contribution < 1.29 is 14.7 Å². The highest BCUT2D eigenvalue weighted by atomic mass is 16.4. The molecule has 5 heteroatoms. The Hall–Kier alpha value is -1.10. The lowest BCUT2D eigenvalue weighted by Crippen LogP contribution is -2.50. The highest BCUT2D eigenvalue weighted by Gasteiger charge is 2.32. The summed E-state index contributed by atoms with van der Waals surface area (Å²) in [6.07, 6.45) is 0.866. The first-order valence-corrected chi connectivity index (χ1v) is 6.60. The molecule has 0 aromatic carbocycles. The first-order chi connectivity index (χ1) is 8.33. The van der Waals surface area contributed by atoms with Gasteiger partial charge in [0.1, 0.15) is 6.04 Å². The van der Waals surface area contributed by atoms with Crippen molar-refractivity contribution in [2.45, 2.75) is 66.5 Å². The Morgan fingerprint density at radius 2 is 1.63 bits per heavy atom. The highest BCUT2D eigenvalue weighted by molar-refractivity contribution is 5.84. The van der Waals surface area contributed by atoms with E-state index in [1.807, 2.05) is 0 Å². The molecule has 19 heavy (non-hydrogen) atoms. The first kappa shape index (κ1) is 17.9. The molecule has 112 valence electrons. The summed E-state index contributed by atoms with van der Waals surface area (Å²) in [6, 6.07) is -1.16. The van der Waals surface area contributed by atoms with Gasteiger partial charge in [-0.1, -0.05) is 41.5 Å². The number of nitrogens with one attached hydrogen (secondary N) is 1. The average molecular weight is 272 g/mol. The zero-order chi connectivity index (χ0) is 15.4. The fraction of sp³-hybridized carbons (Fsp3) is 0.857. The van der Waals surface area contributed by atoms with Crippen LogP contribution in [0.4, 0.5) is 0 Å². The Morgan fingerprint density at radius 1 is 1.16 bits per heavy atom. The van der Waals surface area contributed by atoms with Crippen molar-refractivity contribution in [1.29, 1.82) is 0 Å². The van der Waals surface area contributed by atoms with Gasteiger partial charge >= 0.3 is 5.97 Å². The number of amides is 1. The number of nitrogens with two attached hydrogens (primary N) is 1. The molecule has 0 spiro atoms. The second-order valence-electron chi connectivity index (χ2n) is 7.43. The quantitative estimate of drug-likeness (QED) is 0.711. The second-order valence-corrected chi connectivity index (χ2v) is 7.43. The maximum atomic E-state index is 11.8. The van der Waals surface area contributed by atoms with Crippen LogP contribution in [-0.4, -0.2) is 29.1 Å². The Balaban J connectivity index is 4.48. The van der Waals surface area contributed by atoms with Crippen LogP contribution in [0, 0.1) is 10.8 Å². The van der Waals surface area contributed by atoms with E-state index in [4.69, 9.17) is 10.8 Å². The molecule has 0 aliphatic heterocycles. The standard InChI is InChI=1S/C14H28N2O3/c1-13(2,3)8-9(15)7-10(17)16-11(12(18)19)14(4,5)6/h9,11H,7-8,15H2,1-6H3,(H,16,17)(H,18,19)/t9?,11-/m0/s1. The van der Waals surface area contributed by atoms with Crippen LogP contribution in [0.25, 0.3) is 0 Å². The molecule has 0 rings (SSSR count). The third kappa shape index (κ3) is 7.82. The molecule has 0 aliphatic rings. The number of hydrogen-bond acceptors (Lipinski definition) is 3. The third-order valence-corrected chi connectivity index (χ3v) is 2.74. The summed E-state index contributed by atoms with van der Waals surface area (Å²) in [5.74, 6) is -1.33. The number of carbonyl (C=O) groups excluding carboxylic acids is 1. The molecule has 0 saturated heterocycles. The van der Waals surface area contributed by atoms with Crippen LogP contribution in [0.5, 0.6) is 0 Å². The summed E-state index contributed by atoms with van der Waals surface area (Å²) in [6.45, 7) is 11.5. The van der Waals surface area contributed by atoms with Gasteiger partial charge in [0.05, 0.1) is 0 Å². The molecule has 5 nitrogen and oxygen atoms in total. The van der Waals surface area contributed by atoms with Crippen LogP contribution >= 0.6 is 0 Å². The van der Waals surface area contributed by atoms with Gasteiger partial charge in [-0.2, -0.15) is 0 Å². The summed E-state index contributed by atoms with van der Waals surface area (Å²) in [7, 11) is 0. The number of aliphatic carboxylic acids is 1. The van der Waals surface area contributed by atoms with Crippen molar-refractivity contribution in [3.8, 4) is 0 Å². The van der Waals surface area contributed by atoms with Crippen molar-refractivity contribution in [3.63, 3.8) is 0 Å². The Bertz CT molecular complexity index is 327. The molecule has 0 heterocycles. The van der Waals surface area contributed by atoms with Crippen LogP contribution < -0.4 is 11.1 Å². The minimum absolute atomic E-state index is 0.0515. The summed E-state index contributed by atoms with van der Waals surface area (Å²) in [5.41, 5.74) is 5.43. The van der Waals surface area contributed by atoms with E-state index in [1.165, 1.54) is 0 Å². The number of hydrogen-bond donors (Lipinski definition) is 3. The zero-order valence-electron chi connectivity index (χ0n) is 12.9. The Labute approximate surface area is 115 Å². The van der Waals surface area contributed by atoms with Gasteiger partial charge in [0.15, 0.2) is 0 Å². The van der Waals surface area contributed by atoms with E-state index < -0.39 is 17.4 Å². The Morgan fingerprint density at radius 3 is 1.95 bits per heavy atom. The summed E-state index contributed by atoms with van der Waals surface area (Å²) in [5, 5.41) is 11.7. The number of carboxylic acids is 1. The average Bonchev–Trinajstić information content (AvgIpc) is 2.07. The van der Waals surface area contributed by atoms with Gasteiger partial charge in [-0.05, 0) is 17.3 Å². The molecule has 1 unspecified atom stereocenters. The van der Waals surface area contributed by atoms with E-state index in [0.29, 0.717) is 6.42 Å². The van der Waals surface area contributed by atoms with Gasteiger partial charge < -0.3 is 16.2 Å². The normalized spacial score (nSPS) is 15.7. The van der Waals surface area contributed by atoms with Crippen LogP contribution in [0.15, 0.2) is 0 Å². The van der Waals surface area contributed by atoms with Crippen LogP contribution in [0.2, 0.25) is 0 Å². The molecule has 0 aromatic heterocycles. The predicted octanol–water partition coefficient (Wildman–Crippen LogP) is 1.76. The van der Waals surface area contributed by atoms with Gasteiger partial charge in [0.2, 0.25) is 5.91 Å². The highest BCUT2D eigenvalue weighted by Crippen LogP contribution is 2.22. The van der Waals surface area contributed by atoms with E-state index in [9.17, 15) is 9.59 Å². The van der Waals surface area contributed by atoms with Crippen molar-refractivity contribution in [2.75, 3.05) is 0 Å². The molecule has 0 bridgehead atoms. The Kier molecular flexibility index (Phi) is 6.00. The lowest BCUT2D eigenvalue weighted by Gasteiger charge is -2.29. The molecule has 4 N–H and O–H groups in total. The van der Waals surface area contributed by atoms with E-state index in [0.717, 1.165) is 0 Å². The minimum Gasteiger partial charge on any atom is -0.480 e. The number of rotatable bonds is 5. The van der Waals surface area contributed by atoms with Crippen LogP contribution in [0.1, 0.15) is 54.4 Å². The minimum atomic E-state index is -1.02. The molecular formula is C14H28N2O3. The summed E-state index contributed by atoms with van der Waals surface area (Å²) < 4.78 is 0. The second kappa shape index (κ2) is 6.37. The molecule has 0 aromatic rings. The lowest BCUT2D eigenvalue weighted by molar-refractivity contribution is -0.145. The van der Waals surface area contributed by atoms with Gasteiger partial charge in [0, 0.05) is 12.5 Å². The molecule has 0 saturated carbocycles. The summed E-state index contributed by atoms with van der Waals surface area (Å²) in [4.78, 5) is 23.0. The molecule has 2 atom stereocenters. The lowest BCUT2D eigenvalue weighted by atomic mass is 9.85. The topological polar surface area (TPSA) is 92.4 Å². The maximum absolute atomic E-state index is 11.8. The van der Waals surface area contributed by atoms with Gasteiger partial charge in [-0.25, -0.2) is 4.79 Å². The fourth-order valence-electron chi connectivity index (χ4n) is 1.97. The molecular weight excluding hydrogens is 244 g/mol. The van der Waals surface area contributed by atoms with Crippen molar-refractivity contribution in [3.05, 3.63) is 0 Å². The smallest absolute Gasteiger partial charge is 0.326 e. The van der Waals surface area contributed by atoms with Gasteiger partial charge in [-0.15, -0.1) is 0 Å². The largest absolute Gasteiger partial charge is 0.480 e. The number of carbonyl (C=O) groups is 2.